The first kappa shape index (κ1) is 12.9. The van der Waals surface area contributed by atoms with Crippen molar-refractivity contribution in [3.05, 3.63) is 54.1 Å². The van der Waals surface area contributed by atoms with Crippen molar-refractivity contribution in [1.29, 1.82) is 0 Å². The van der Waals surface area contributed by atoms with Crippen molar-refractivity contribution in [2.24, 2.45) is 0 Å². The summed E-state index contributed by atoms with van der Waals surface area (Å²) in [5.74, 6) is 0.805. The Balaban J connectivity index is 2.08. The fourth-order valence-electron chi connectivity index (χ4n) is 1.34. The van der Waals surface area contributed by atoms with Crippen molar-refractivity contribution in [1.82, 2.24) is 0 Å². The maximum Gasteiger partial charge on any atom is 0.178 e. The third kappa shape index (κ3) is 3.69. The van der Waals surface area contributed by atoms with Gasteiger partial charge in [-0.25, -0.2) is 0 Å². The van der Waals surface area contributed by atoms with Gasteiger partial charge in [0.2, 0.25) is 0 Å². The normalized spacial score (nSPS) is 12.2. The van der Waals surface area contributed by atoms with Gasteiger partial charge in [0.25, 0.3) is 0 Å². The molecule has 88 valence electrons. The average molecular weight is 327 g/mol. The summed E-state index contributed by atoms with van der Waals surface area (Å²) in [4.78, 5) is 1.86. The first-order valence-electron chi connectivity index (χ1n) is 5.04. The van der Waals surface area contributed by atoms with E-state index >= 15 is 0 Å². The van der Waals surface area contributed by atoms with Crippen molar-refractivity contribution in [3.63, 3.8) is 0 Å². The maximum absolute atomic E-state index is 5.75. The van der Waals surface area contributed by atoms with Gasteiger partial charge in [0.05, 0.1) is 0 Å². The molecule has 0 saturated heterocycles. The lowest BCUT2D eigenvalue weighted by atomic mass is 10.2. The molecule has 0 saturated carbocycles. The Labute approximate surface area is 120 Å². The summed E-state index contributed by atoms with van der Waals surface area (Å²) >= 11 is 12.0. The summed E-state index contributed by atoms with van der Waals surface area (Å²) in [5, 5.41) is -0.165. The van der Waals surface area contributed by atoms with Crippen LogP contribution in [-0.4, -0.2) is 0 Å². The van der Waals surface area contributed by atoms with E-state index in [1.54, 1.807) is 0 Å². The first-order chi connectivity index (χ1) is 8.15. The van der Waals surface area contributed by atoms with E-state index in [4.69, 9.17) is 4.74 Å². The third-order valence-corrected chi connectivity index (χ3v) is 3.54. The highest BCUT2D eigenvalue weighted by molar-refractivity contribution is 9.09. The van der Waals surface area contributed by atoms with Crippen molar-refractivity contribution in [2.45, 2.75) is 14.8 Å². The second-order valence-corrected chi connectivity index (χ2v) is 5.38. The summed E-state index contributed by atoms with van der Waals surface area (Å²) in [6, 6.07) is 15.4. The van der Waals surface area contributed by atoms with Crippen molar-refractivity contribution < 1.29 is 4.74 Å². The maximum atomic E-state index is 5.75. The number of hydrogen-bond donors (Lipinski definition) is 2. The Bertz CT molecular complexity index is 482. The van der Waals surface area contributed by atoms with Crippen LogP contribution < -0.4 is 4.74 Å². The minimum absolute atomic E-state index is 0.165. The Morgan fingerprint density at radius 3 is 1.82 bits per heavy atom. The predicted molar refractivity (Wildman–Crippen MR) is 79.7 cm³/mol. The fraction of sp³-hybridized carbons (Fsp3) is 0.0769. The number of thiol groups is 2. The van der Waals surface area contributed by atoms with Crippen LogP contribution in [0.15, 0.2) is 58.3 Å². The van der Waals surface area contributed by atoms with E-state index in [1.165, 1.54) is 0 Å². The lowest BCUT2D eigenvalue weighted by Gasteiger charge is -2.13. The summed E-state index contributed by atoms with van der Waals surface area (Å²) < 4.78 is 5.75. The molecule has 0 amide bonds. The smallest absolute Gasteiger partial charge is 0.178 e. The molecular formula is C13H11BrOS2. The first-order valence-corrected chi connectivity index (χ1v) is 6.85. The number of halogens is 1. The van der Waals surface area contributed by atoms with Crippen LogP contribution in [0.5, 0.6) is 5.75 Å². The van der Waals surface area contributed by atoms with Gasteiger partial charge < -0.3 is 4.74 Å². The lowest BCUT2D eigenvalue weighted by molar-refractivity contribution is 0.301. The molecule has 0 aliphatic rings. The van der Waals surface area contributed by atoms with Gasteiger partial charge in [0.15, 0.2) is 5.01 Å². The molecule has 0 heterocycles. The van der Waals surface area contributed by atoms with Gasteiger partial charge in [0, 0.05) is 15.4 Å². The Kier molecular flexibility index (Phi) is 4.42. The molecule has 1 atom stereocenters. The van der Waals surface area contributed by atoms with Crippen LogP contribution in [0, 0.1) is 0 Å². The van der Waals surface area contributed by atoms with Gasteiger partial charge >= 0.3 is 0 Å². The summed E-state index contributed by atoms with van der Waals surface area (Å²) in [7, 11) is 0. The molecule has 0 N–H and O–H groups in total. The van der Waals surface area contributed by atoms with Crippen molar-refractivity contribution in [2.75, 3.05) is 0 Å². The predicted octanol–water partition coefficient (Wildman–Crippen LogP) is 4.74. The van der Waals surface area contributed by atoms with Gasteiger partial charge in [-0.2, -0.15) is 0 Å². The van der Waals surface area contributed by atoms with Gasteiger partial charge in [-0.3, -0.25) is 0 Å². The molecule has 2 aromatic rings. The van der Waals surface area contributed by atoms with Crippen LogP contribution in [-0.2, 0) is 0 Å². The second-order valence-electron chi connectivity index (χ2n) is 3.52. The number of rotatable bonds is 3. The fourth-order valence-corrected chi connectivity index (χ4v) is 2.16. The van der Waals surface area contributed by atoms with E-state index in [9.17, 15) is 0 Å². The molecule has 1 unspecified atom stereocenters. The molecule has 2 rings (SSSR count). The number of alkyl halides is 1. The largest absolute Gasteiger partial charge is 0.474 e. The number of hydrogen-bond acceptors (Lipinski definition) is 3. The zero-order valence-electron chi connectivity index (χ0n) is 8.88. The molecule has 4 heteroatoms. The molecule has 0 spiro atoms. The standard InChI is InChI=1S/C13H11BrOS2/c14-13(9-1-5-11(16)6-2-9)15-10-3-7-12(17)8-4-10/h1-8,13,16-17H. The molecule has 2 aromatic carbocycles. The van der Waals surface area contributed by atoms with Crippen LogP contribution in [0.25, 0.3) is 0 Å². The van der Waals surface area contributed by atoms with Crippen molar-refractivity contribution in [3.8, 4) is 5.75 Å². The molecule has 0 aliphatic heterocycles. The van der Waals surface area contributed by atoms with Gasteiger partial charge in [-0.1, -0.05) is 12.1 Å². The highest BCUT2D eigenvalue weighted by Crippen LogP contribution is 2.28. The van der Waals surface area contributed by atoms with E-state index in [-0.39, 0.29) is 5.01 Å². The number of ether oxygens (including phenoxy) is 1. The van der Waals surface area contributed by atoms with E-state index < -0.39 is 0 Å². The average Bonchev–Trinajstić information content (AvgIpc) is 2.33. The Morgan fingerprint density at radius 2 is 1.29 bits per heavy atom. The quantitative estimate of drug-likeness (QED) is 0.612. The number of benzene rings is 2. The van der Waals surface area contributed by atoms with E-state index in [0.29, 0.717) is 0 Å². The molecule has 0 radical (unpaired) electrons. The zero-order chi connectivity index (χ0) is 12.3. The molecular weight excluding hydrogens is 316 g/mol. The molecule has 17 heavy (non-hydrogen) atoms. The summed E-state index contributed by atoms with van der Waals surface area (Å²) in [6.45, 7) is 0. The lowest BCUT2D eigenvalue weighted by Crippen LogP contribution is -1.99. The summed E-state index contributed by atoms with van der Waals surface area (Å²) in [6.07, 6.45) is 0. The van der Waals surface area contributed by atoms with E-state index in [0.717, 1.165) is 21.1 Å². The minimum atomic E-state index is -0.165. The Morgan fingerprint density at radius 1 is 0.824 bits per heavy atom. The van der Waals surface area contributed by atoms with Gasteiger partial charge in [-0.15, -0.1) is 25.3 Å². The Hall–Kier alpha value is -0.580. The van der Waals surface area contributed by atoms with E-state index in [1.807, 2.05) is 48.5 Å². The molecule has 0 aliphatic carbocycles. The van der Waals surface area contributed by atoms with Crippen LogP contribution in [0.4, 0.5) is 0 Å². The second kappa shape index (κ2) is 5.85. The molecule has 1 nitrogen and oxygen atoms in total. The molecule has 0 fully saturated rings. The highest BCUT2D eigenvalue weighted by Gasteiger charge is 2.08. The highest BCUT2D eigenvalue weighted by atomic mass is 79.9. The van der Waals surface area contributed by atoms with Crippen LogP contribution in [0.2, 0.25) is 0 Å². The topological polar surface area (TPSA) is 9.23 Å². The monoisotopic (exact) mass is 326 g/mol. The molecule has 0 aromatic heterocycles. The minimum Gasteiger partial charge on any atom is -0.474 e. The van der Waals surface area contributed by atoms with Gasteiger partial charge in [0.1, 0.15) is 5.75 Å². The van der Waals surface area contributed by atoms with Crippen LogP contribution >= 0.6 is 41.2 Å². The third-order valence-electron chi connectivity index (χ3n) is 2.23. The molecule has 0 bridgehead atoms. The SMILES string of the molecule is Sc1ccc(OC(Br)c2ccc(S)cc2)cc1. The van der Waals surface area contributed by atoms with E-state index in [2.05, 4.69) is 41.2 Å². The van der Waals surface area contributed by atoms with Crippen molar-refractivity contribution >= 4 is 41.2 Å². The zero-order valence-corrected chi connectivity index (χ0v) is 12.3. The van der Waals surface area contributed by atoms with Crippen LogP contribution in [0.1, 0.15) is 10.6 Å². The van der Waals surface area contributed by atoms with Gasteiger partial charge in [-0.05, 0) is 52.3 Å². The van der Waals surface area contributed by atoms with Crippen LogP contribution in [0.3, 0.4) is 0 Å². The summed E-state index contributed by atoms with van der Waals surface area (Å²) in [5.41, 5.74) is 1.05.